The minimum absolute atomic E-state index is 0.0737. The van der Waals surface area contributed by atoms with Gasteiger partial charge in [0.2, 0.25) is 15.9 Å². The van der Waals surface area contributed by atoms with Gasteiger partial charge in [-0.15, -0.1) is 0 Å². The van der Waals surface area contributed by atoms with Crippen molar-refractivity contribution in [1.29, 1.82) is 0 Å². The SMILES string of the molecule is CCN(CC(=O)NC)S(=O)(=O)c1cc(N)ccc1Cl. The van der Waals surface area contributed by atoms with Gasteiger partial charge in [0, 0.05) is 19.3 Å². The Morgan fingerprint density at radius 1 is 1.47 bits per heavy atom. The van der Waals surface area contributed by atoms with Crippen LogP contribution in [-0.2, 0) is 14.8 Å². The van der Waals surface area contributed by atoms with Crippen LogP contribution >= 0.6 is 11.6 Å². The van der Waals surface area contributed by atoms with E-state index in [0.29, 0.717) is 5.69 Å². The Labute approximate surface area is 117 Å². The van der Waals surface area contributed by atoms with Crippen LogP contribution in [0.5, 0.6) is 0 Å². The van der Waals surface area contributed by atoms with Gasteiger partial charge < -0.3 is 11.1 Å². The second kappa shape index (κ2) is 6.23. The van der Waals surface area contributed by atoms with Crippen LogP contribution in [0.1, 0.15) is 6.92 Å². The number of nitrogens with two attached hydrogens (primary N) is 1. The van der Waals surface area contributed by atoms with Crippen molar-refractivity contribution in [1.82, 2.24) is 9.62 Å². The molecule has 0 unspecified atom stereocenters. The molecule has 1 aromatic carbocycles. The number of carbonyl (C=O) groups excluding carboxylic acids is 1. The van der Waals surface area contributed by atoms with E-state index in [4.69, 9.17) is 17.3 Å². The van der Waals surface area contributed by atoms with Gasteiger partial charge in [-0.05, 0) is 18.2 Å². The number of nitrogen functional groups attached to an aromatic ring is 1. The lowest BCUT2D eigenvalue weighted by Gasteiger charge is -2.20. The summed E-state index contributed by atoms with van der Waals surface area (Å²) in [5.74, 6) is -0.398. The Morgan fingerprint density at radius 2 is 2.11 bits per heavy atom. The molecule has 1 aromatic rings. The molecule has 0 aliphatic heterocycles. The molecule has 0 atom stereocenters. The summed E-state index contributed by atoms with van der Waals surface area (Å²) >= 11 is 5.89. The summed E-state index contributed by atoms with van der Waals surface area (Å²) in [5.41, 5.74) is 5.86. The largest absolute Gasteiger partial charge is 0.399 e. The number of benzene rings is 1. The number of halogens is 1. The van der Waals surface area contributed by atoms with Gasteiger partial charge in [0.15, 0.2) is 0 Å². The lowest BCUT2D eigenvalue weighted by Crippen LogP contribution is -2.39. The average Bonchev–Trinajstić information content (AvgIpc) is 2.37. The van der Waals surface area contributed by atoms with E-state index in [1.54, 1.807) is 6.92 Å². The lowest BCUT2D eigenvalue weighted by atomic mass is 10.3. The second-order valence-electron chi connectivity index (χ2n) is 3.79. The lowest BCUT2D eigenvalue weighted by molar-refractivity contribution is -0.120. The van der Waals surface area contributed by atoms with Crippen molar-refractivity contribution in [2.45, 2.75) is 11.8 Å². The summed E-state index contributed by atoms with van der Waals surface area (Å²) < 4.78 is 25.8. The molecular formula is C11H16ClN3O3S. The number of rotatable bonds is 5. The molecule has 1 rings (SSSR count). The van der Waals surface area contributed by atoms with E-state index in [0.717, 1.165) is 4.31 Å². The van der Waals surface area contributed by atoms with E-state index in [-0.39, 0.29) is 23.0 Å². The monoisotopic (exact) mass is 305 g/mol. The van der Waals surface area contributed by atoms with Crippen LogP contribution in [0.2, 0.25) is 5.02 Å². The first-order valence-electron chi connectivity index (χ1n) is 5.58. The number of likely N-dealkylation sites (N-methyl/N-ethyl adjacent to an activating group) is 2. The Hall–Kier alpha value is -1.31. The summed E-state index contributed by atoms with van der Waals surface area (Å²) in [5, 5.41) is 2.45. The van der Waals surface area contributed by atoms with E-state index >= 15 is 0 Å². The van der Waals surface area contributed by atoms with Gasteiger partial charge in [-0.3, -0.25) is 4.79 Å². The fourth-order valence-corrected chi connectivity index (χ4v) is 3.38. The normalized spacial score (nSPS) is 11.6. The van der Waals surface area contributed by atoms with Crippen LogP contribution in [0.3, 0.4) is 0 Å². The minimum Gasteiger partial charge on any atom is -0.399 e. The molecule has 6 nitrogen and oxygen atoms in total. The molecule has 0 aromatic heterocycles. The van der Waals surface area contributed by atoms with E-state index in [2.05, 4.69) is 5.32 Å². The summed E-state index contributed by atoms with van der Waals surface area (Å²) in [6.07, 6.45) is 0. The van der Waals surface area contributed by atoms with Gasteiger partial charge in [0.05, 0.1) is 11.6 Å². The van der Waals surface area contributed by atoms with Crippen LogP contribution in [0.4, 0.5) is 5.69 Å². The molecule has 19 heavy (non-hydrogen) atoms. The highest BCUT2D eigenvalue weighted by Gasteiger charge is 2.27. The maximum atomic E-state index is 12.4. The van der Waals surface area contributed by atoms with Crippen molar-refractivity contribution < 1.29 is 13.2 Å². The topological polar surface area (TPSA) is 92.5 Å². The molecule has 0 fully saturated rings. The Balaban J connectivity index is 3.20. The van der Waals surface area contributed by atoms with Gasteiger partial charge in [-0.2, -0.15) is 4.31 Å². The highest BCUT2D eigenvalue weighted by atomic mass is 35.5. The molecule has 0 heterocycles. The summed E-state index contributed by atoms with van der Waals surface area (Å²) in [4.78, 5) is 11.2. The molecule has 8 heteroatoms. The maximum Gasteiger partial charge on any atom is 0.245 e. The standard InChI is InChI=1S/C11H16ClN3O3S/c1-3-15(7-11(16)14-2)19(17,18)10-6-8(13)4-5-9(10)12/h4-6H,3,7,13H2,1-2H3,(H,14,16). The molecule has 0 saturated heterocycles. The van der Waals surface area contributed by atoms with Gasteiger partial charge in [-0.1, -0.05) is 18.5 Å². The Kier molecular flexibility index (Phi) is 5.16. The maximum absolute atomic E-state index is 12.4. The zero-order valence-corrected chi connectivity index (χ0v) is 12.3. The fourth-order valence-electron chi connectivity index (χ4n) is 1.46. The fraction of sp³-hybridized carbons (Fsp3) is 0.364. The summed E-state index contributed by atoms with van der Waals surface area (Å²) in [7, 11) is -2.41. The molecule has 0 aliphatic rings. The van der Waals surface area contributed by atoms with Gasteiger partial charge >= 0.3 is 0 Å². The molecule has 1 amide bonds. The number of carbonyl (C=O) groups is 1. The number of sulfonamides is 1. The van der Waals surface area contributed by atoms with Crippen molar-refractivity contribution in [3.05, 3.63) is 23.2 Å². The molecule has 0 saturated carbocycles. The third-order valence-electron chi connectivity index (χ3n) is 2.52. The van der Waals surface area contributed by atoms with Crippen molar-refractivity contribution in [3.8, 4) is 0 Å². The zero-order valence-electron chi connectivity index (χ0n) is 10.7. The van der Waals surface area contributed by atoms with Crippen LogP contribution in [0, 0.1) is 0 Å². The predicted molar refractivity (Wildman–Crippen MR) is 74.4 cm³/mol. The van der Waals surface area contributed by atoms with Gasteiger partial charge in [0.1, 0.15) is 4.90 Å². The van der Waals surface area contributed by atoms with Gasteiger partial charge in [-0.25, -0.2) is 8.42 Å². The second-order valence-corrected chi connectivity index (χ2v) is 6.11. The predicted octanol–water partition coefficient (Wildman–Crippen LogP) is 0.679. The molecule has 0 radical (unpaired) electrons. The number of hydrogen-bond donors (Lipinski definition) is 2. The van der Waals surface area contributed by atoms with Crippen LogP contribution in [0.15, 0.2) is 23.1 Å². The third-order valence-corrected chi connectivity index (χ3v) is 4.93. The minimum atomic E-state index is -3.85. The smallest absolute Gasteiger partial charge is 0.245 e. The molecule has 0 spiro atoms. The van der Waals surface area contributed by atoms with E-state index in [1.165, 1.54) is 25.2 Å². The number of nitrogens with one attached hydrogen (secondary N) is 1. The first-order chi connectivity index (χ1) is 8.82. The molecular weight excluding hydrogens is 290 g/mol. The van der Waals surface area contributed by atoms with Crippen LogP contribution in [-0.4, -0.2) is 38.8 Å². The Morgan fingerprint density at radius 3 is 2.63 bits per heavy atom. The first-order valence-corrected chi connectivity index (χ1v) is 7.40. The number of nitrogens with zero attached hydrogens (tertiary/aromatic N) is 1. The van der Waals surface area contributed by atoms with Crippen molar-refractivity contribution in [3.63, 3.8) is 0 Å². The first kappa shape index (κ1) is 15.7. The number of amides is 1. The van der Waals surface area contributed by atoms with Crippen molar-refractivity contribution in [2.24, 2.45) is 0 Å². The van der Waals surface area contributed by atoms with E-state index in [9.17, 15) is 13.2 Å². The number of anilines is 1. The highest BCUT2D eigenvalue weighted by molar-refractivity contribution is 7.89. The third kappa shape index (κ3) is 3.59. The molecule has 106 valence electrons. The average molecular weight is 306 g/mol. The number of hydrogen-bond acceptors (Lipinski definition) is 4. The quantitative estimate of drug-likeness (QED) is 0.782. The highest BCUT2D eigenvalue weighted by Crippen LogP contribution is 2.26. The molecule has 3 N–H and O–H groups in total. The van der Waals surface area contributed by atoms with Crippen LogP contribution in [0.25, 0.3) is 0 Å². The molecule has 0 bridgehead atoms. The van der Waals surface area contributed by atoms with Crippen molar-refractivity contribution >= 4 is 33.2 Å². The van der Waals surface area contributed by atoms with E-state index < -0.39 is 15.9 Å². The zero-order chi connectivity index (χ0) is 14.6. The summed E-state index contributed by atoms with van der Waals surface area (Å²) in [6, 6.07) is 4.21. The Bertz CT molecular complexity index is 575. The molecule has 0 aliphatic carbocycles. The van der Waals surface area contributed by atoms with Crippen molar-refractivity contribution in [2.75, 3.05) is 25.9 Å². The summed E-state index contributed by atoms with van der Waals surface area (Å²) in [6.45, 7) is 1.53. The van der Waals surface area contributed by atoms with Crippen LogP contribution < -0.4 is 11.1 Å². The van der Waals surface area contributed by atoms with E-state index in [1.807, 2.05) is 0 Å². The van der Waals surface area contributed by atoms with Gasteiger partial charge in [0.25, 0.3) is 0 Å².